The number of ether oxygens (including phenoxy) is 1. The second-order valence-corrected chi connectivity index (χ2v) is 4.69. The molecule has 2 rings (SSSR count). The molecule has 0 saturated carbocycles. The van der Waals surface area contributed by atoms with Crippen molar-refractivity contribution in [3.63, 3.8) is 0 Å². The monoisotopic (exact) mass is 191 g/mol. The van der Waals surface area contributed by atoms with Crippen LogP contribution in [0.15, 0.2) is 18.2 Å². The fourth-order valence-corrected chi connectivity index (χ4v) is 1.91. The summed E-state index contributed by atoms with van der Waals surface area (Å²) in [5, 5.41) is 0. The molecule has 1 aliphatic rings. The Hall–Kier alpha value is -1.02. The predicted octanol–water partition coefficient (Wildman–Crippen LogP) is 2.42. The Kier molecular flexibility index (Phi) is 2.04. The third kappa shape index (κ3) is 1.62. The zero-order valence-corrected chi connectivity index (χ0v) is 9.00. The van der Waals surface area contributed by atoms with Gasteiger partial charge in [0.2, 0.25) is 0 Å². The van der Waals surface area contributed by atoms with Gasteiger partial charge in [-0.1, -0.05) is 12.1 Å². The van der Waals surface area contributed by atoms with Crippen molar-refractivity contribution in [3.05, 3.63) is 29.3 Å². The molecule has 0 amide bonds. The van der Waals surface area contributed by atoms with Crippen molar-refractivity contribution in [2.75, 3.05) is 0 Å². The molecule has 1 atom stereocenters. The highest BCUT2D eigenvalue weighted by Gasteiger charge is 2.29. The second kappa shape index (κ2) is 2.99. The van der Waals surface area contributed by atoms with Crippen LogP contribution in [0, 0.1) is 0 Å². The minimum absolute atomic E-state index is 0.0568. The Morgan fingerprint density at radius 3 is 2.79 bits per heavy atom. The fourth-order valence-electron chi connectivity index (χ4n) is 1.91. The van der Waals surface area contributed by atoms with Crippen molar-refractivity contribution in [1.82, 2.24) is 0 Å². The Morgan fingerprint density at radius 1 is 1.43 bits per heavy atom. The van der Waals surface area contributed by atoms with Gasteiger partial charge in [-0.3, -0.25) is 0 Å². The summed E-state index contributed by atoms with van der Waals surface area (Å²) in [6, 6.07) is 6.34. The van der Waals surface area contributed by atoms with Crippen molar-refractivity contribution in [1.29, 1.82) is 0 Å². The fraction of sp³-hybridized carbons (Fsp3) is 0.500. The SMILES string of the molecule is CC(N)c1ccc2c(c1)CC(C)(C)O2. The van der Waals surface area contributed by atoms with Gasteiger partial charge in [-0.2, -0.15) is 0 Å². The van der Waals surface area contributed by atoms with Crippen molar-refractivity contribution in [3.8, 4) is 5.75 Å². The van der Waals surface area contributed by atoms with Crippen LogP contribution < -0.4 is 10.5 Å². The molecule has 1 heterocycles. The molecule has 1 unspecified atom stereocenters. The van der Waals surface area contributed by atoms with Gasteiger partial charge in [0.25, 0.3) is 0 Å². The van der Waals surface area contributed by atoms with Crippen LogP contribution >= 0.6 is 0 Å². The zero-order chi connectivity index (χ0) is 10.3. The summed E-state index contributed by atoms with van der Waals surface area (Å²) in [5.74, 6) is 1.01. The zero-order valence-electron chi connectivity index (χ0n) is 9.00. The van der Waals surface area contributed by atoms with Gasteiger partial charge < -0.3 is 10.5 Å². The van der Waals surface area contributed by atoms with Crippen LogP contribution in [0.1, 0.15) is 37.9 Å². The molecule has 2 N–H and O–H groups in total. The molecule has 2 nitrogen and oxygen atoms in total. The van der Waals surface area contributed by atoms with Gasteiger partial charge >= 0.3 is 0 Å². The summed E-state index contributed by atoms with van der Waals surface area (Å²) in [4.78, 5) is 0. The highest BCUT2D eigenvalue weighted by molar-refractivity contribution is 5.42. The number of benzene rings is 1. The molecule has 0 spiro atoms. The molecule has 0 aliphatic carbocycles. The third-order valence-electron chi connectivity index (χ3n) is 2.61. The first kappa shape index (κ1) is 9.53. The van der Waals surface area contributed by atoms with Crippen LogP contribution in [0.2, 0.25) is 0 Å². The van der Waals surface area contributed by atoms with E-state index in [9.17, 15) is 0 Å². The highest BCUT2D eigenvalue weighted by Crippen LogP contribution is 2.35. The topological polar surface area (TPSA) is 35.2 Å². The minimum Gasteiger partial charge on any atom is -0.487 e. The lowest BCUT2D eigenvalue weighted by atomic mass is 9.98. The van der Waals surface area contributed by atoms with Gasteiger partial charge in [0.05, 0.1) is 0 Å². The summed E-state index contributed by atoms with van der Waals surface area (Å²) in [7, 11) is 0. The molecule has 2 heteroatoms. The lowest BCUT2D eigenvalue weighted by molar-refractivity contribution is 0.138. The molecule has 0 fully saturated rings. The predicted molar refractivity (Wildman–Crippen MR) is 57.5 cm³/mol. The number of nitrogens with two attached hydrogens (primary N) is 1. The summed E-state index contributed by atoms with van der Waals surface area (Å²) in [6.45, 7) is 6.22. The molecule has 76 valence electrons. The van der Waals surface area contributed by atoms with Gasteiger partial charge in [-0.15, -0.1) is 0 Å². The number of rotatable bonds is 1. The lowest BCUT2D eigenvalue weighted by Gasteiger charge is -2.16. The van der Waals surface area contributed by atoms with Crippen LogP contribution in [0.5, 0.6) is 5.75 Å². The van der Waals surface area contributed by atoms with E-state index in [2.05, 4.69) is 19.9 Å². The maximum atomic E-state index is 5.83. The Morgan fingerprint density at radius 2 is 2.14 bits per heavy atom. The summed E-state index contributed by atoms with van der Waals surface area (Å²) in [6.07, 6.45) is 0.975. The van der Waals surface area contributed by atoms with Gasteiger partial charge in [-0.05, 0) is 38.0 Å². The Bertz CT molecular complexity index is 355. The molecular weight excluding hydrogens is 174 g/mol. The minimum atomic E-state index is -0.0568. The first-order chi connectivity index (χ1) is 6.48. The van der Waals surface area contributed by atoms with Crippen LogP contribution in [0.3, 0.4) is 0 Å². The lowest BCUT2D eigenvalue weighted by Crippen LogP contribution is -2.24. The van der Waals surface area contributed by atoms with Gasteiger partial charge in [0, 0.05) is 12.5 Å². The average Bonchev–Trinajstić information content (AvgIpc) is 2.36. The van der Waals surface area contributed by atoms with E-state index in [1.165, 1.54) is 11.1 Å². The molecule has 0 radical (unpaired) electrons. The summed E-state index contributed by atoms with van der Waals surface area (Å²) in [5.41, 5.74) is 8.25. The first-order valence-electron chi connectivity index (χ1n) is 5.05. The number of hydrogen-bond acceptors (Lipinski definition) is 2. The van der Waals surface area contributed by atoms with Crippen molar-refractivity contribution < 1.29 is 4.74 Å². The molecule has 1 aliphatic heterocycles. The normalized spacial score (nSPS) is 20.0. The molecular formula is C12H17NO. The second-order valence-electron chi connectivity index (χ2n) is 4.69. The highest BCUT2D eigenvalue weighted by atomic mass is 16.5. The van der Waals surface area contributed by atoms with Crippen molar-refractivity contribution in [2.24, 2.45) is 5.73 Å². The summed E-state index contributed by atoms with van der Waals surface area (Å²) >= 11 is 0. The van der Waals surface area contributed by atoms with Crippen LogP contribution in [0.25, 0.3) is 0 Å². The third-order valence-corrected chi connectivity index (χ3v) is 2.61. The van der Waals surface area contributed by atoms with Gasteiger partial charge in [-0.25, -0.2) is 0 Å². The molecule has 14 heavy (non-hydrogen) atoms. The van der Waals surface area contributed by atoms with E-state index in [0.29, 0.717) is 0 Å². The number of hydrogen-bond donors (Lipinski definition) is 1. The van der Waals surface area contributed by atoms with Crippen molar-refractivity contribution in [2.45, 2.75) is 38.8 Å². The van der Waals surface area contributed by atoms with E-state index in [0.717, 1.165) is 12.2 Å². The van der Waals surface area contributed by atoms with Crippen molar-refractivity contribution >= 4 is 0 Å². The van der Waals surface area contributed by atoms with Crippen LogP contribution in [-0.4, -0.2) is 5.60 Å². The molecule has 1 aromatic carbocycles. The van der Waals surface area contributed by atoms with E-state index in [1.54, 1.807) is 0 Å². The van der Waals surface area contributed by atoms with E-state index in [1.807, 2.05) is 19.1 Å². The standard InChI is InChI=1S/C12H17NO/c1-8(13)9-4-5-11-10(6-9)7-12(2,3)14-11/h4-6,8H,7,13H2,1-3H3. The van der Waals surface area contributed by atoms with Gasteiger partial charge in [0.15, 0.2) is 0 Å². The Balaban J connectivity index is 2.36. The van der Waals surface area contributed by atoms with E-state index in [-0.39, 0.29) is 11.6 Å². The first-order valence-corrected chi connectivity index (χ1v) is 5.05. The average molecular weight is 191 g/mol. The molecule has 0 bridgehead atoms. The van der Waals surface area contributed by atoms with E-state index in [4.69, 9.17) is 10.5 Å². The maximum Gasteiger partial charge on any atom is 0.123 e. The van der Waals surface area contributed by atoms with Gasteiger partial charge in [0.1, 0.15) is 11.4 Å². The molecule has 0 saturated heterocycles. The van der Waals surface area contributed by atoms with E-state index < -0.39 is 0 Å². The maximum absolute atomic E-state index is 5.83. The number of fused-ring (bicyclic) bond motifs is 1. The quantitative estimate of drug-likeness (QED) is 0.740. The molecule has 1 aromatic rings. The van der Waals surface area contributed by atoms with Crippen LogP contribution in [-0.2, 0) is 6.42 Å². The molecule has 0 aromatic heterocycles. The smallest absolute Gasteiger partial charge is 0.123 e. The summed E-state index contributed by atoms with van der Waals surface area (Å²) < 4.78 is 5.79. The Labute approximate surface area is 85.1 Å². The largest absolute Gasteiger partial charge is 0.487 e. The van der Waals surface area contributed by atoms with Crippen LogP contribution in [0.4, 0.5) is 0 Å². The van der Waals surface area contributed by atoms with E-state index >= 15 is 0 Å².